The van der Waals surface area contributed by atoms with Crippen LogP contribution in [0.1, 0.15) is 30.4 Å². The van der Waals surface area contributed by atoms with E-state index in [0.717, 1.165) is 30.7 Å². The van der Waals surface area contributed by atoms with E-state index >= 15 is 0 Å². The van der Waals surface area contributed by atoms with Gasteiger partial charge < -0.3 is 15.5 Å². The molecule has 0 saturated carbocycles. The van der Waals surface area contributed by atoms with Crippen molar-refractivity contribution in [3.63, 3.8) is 0 Å². The number of nitrogens with two attached hydrogens (primary N) is 1. The number of H-pyrrole nitrogens is 1. The van der Waals surface area contributed by atoms with E-state index in [-0.39, 0.29) is 17.1 Å². The van der Waals surface area contributed by atoms with E-state index in [1.54, 1.807) is 6.20 Å². The predicted molar refractivity (Wildman–Crippen MR) is 107 cm³/mol. The highest BCUT2D eigenvalue weighted by Crippen LogP contribution is 2.35. The van der Waals surface area contributed by atoms with Crippen LogP contribution in [-0.2, 0) is 6.42 Å². The standard InChI is InChI=1S/C20H20F2N6O/c21-16-6-5-12(10-15(16)20(23)24)29-19-14(4-2-1-3-8-27-28-25)13-7-9-26-18(13)11-17(19)22/h5-7,9-11,26H,1-4,8H2,(H3,23,24). The largest absolute Gasteiger partial charge is 0.454 e. The number of azide groups is 1. The van der Waals surface area contributed by atoms with Crippen molar-refractivity contribution in [3.05, 3.63) is 69.7 Å². The maximum atomic E-state index is 14.8. The Balaban J connectivity index is 1.90. The van der Waals surface area contributed by atoms with Gasteiger partial charge in [-0.05, 0) is 49.1 Å². The molecule has 0 aliphatic rings. The van der Waals surface area contributed by atoms with Crippen LogP contribution < -0.4 is 10.5 Å². The second-order valence-electron chi connectivity index (χ2n) is 6.53. The zero-order valence-corrected chi connectivity index (χ0v) is 15.6. The number of fused-ring (bicyclic) bond motifs is 1. The number of hydrogen-bond acceptors (Lipinski definition) is 3. The number of amidine groups is 1. The van der Waals surface area contributed by atoms with E-state index in [1.807, 2.05) is 6.07 Å². The molecule has 1 heterocycles. The van der Waals surface area contributed by atoms with Gasteiger partial charge in [0.25, 0.3) is 0 Å². The second-order valence-corrected chi connectivity index (χ2v) is 6.53. The molecular weight excluding hydrogens is 378 g/mol. The number of benzene rings is 2. The summed E-state index contributed by atoms with van der Waals surface area (Å²) in [6.07, 6.45) is 4.59. The molecule has 3 aromatic rings. The molecule has 1 aromatic heterocycles. The van der Waals surface area contributed by atoms with Crippen LogP contribution in [0.5, 0.6) is 11.5 Å². The number of ether oxygens (including phenoxy) is 1. The highest BCUT2D eigenvalue weighted by Gasteiger charge is 2.17. The number of aryl methyl sites for hydroxylation is 1. The van der Waals surface area contributed by atoms with Gasteiger partial charge in [-0.15, -0.1) is 0 Å². The van der Waals surface area contributed by atoms with Crippen LogP contribution in [0.15, 0.2) is 41.6 Å². The third-order valence-corrected chi connectivity index (χ3v) is 4.56. The third-order valence-electron chi connectivity index (χ3n) is 4.56. The van der Waals surface area contributed by atoms with Crippen molar-refractivity contribution in [2.45, 2.75) is 25.7 Å². The lowest BCUT2D eigenvalue weighted by atomic mass is 10.0. The van der Waals surface area contributed by atoms with Gasteiger partial charge in [-0.1, -0.05) is 11.5 Å². The molecule has 9 heteroatoms. The predicted octanol–water partition coefficient (Wildman–Crippen LogP) is 5.55. The summed E-state index contributed by atoms with van der Waals surface area (Å²) in [7, 11) is 0. The van der Waals surface area contributed by atoms with Crippen LogP contribution >= 0.6 is 0 Å². The van der Waals surface area contributed by atoms with E-state index in [4.69, 9.17) is 21.4 Å². The Hall–Kier alpha value is -3.58. The molecule has 0 amide bonds. The Morgan fingerprint density at radius 2 is 2.00 bits per heavy atom. The van der Waals surface area contributed by atoms with Crippen LogP contribution in [0.25, 0.3) is 21.3 Å². The maximum absolute atomic E-state index is 14.8. The molecule has 0 aliphatic carbocycles. The van der Waals surface area contributed by atoms with Gasteiger partial charge in [0, 0.05) is 40.2 Å². The van der Waals surface area contributed by atoms with Gasteiger partial charge in [0.1, 0.15) is 17.4 Å². The zero-order valence-electron chi connectivity index (χ0n) is 15.6. The fourth-order valence-corrected chi connectivity index (χ4v) is 3.18. The Labute approximate surface area is 165 Å². The second kappa shape index (κ2) is 9.07. The first-order valence-electron chi connectivity index (χ1n) is 9.12. The maximum Gasteiger partial charge on any atom is 0.168 e. The summed E-state index contributed by atoms with van der Waals surface area (Å²) in [5.41, 5.74) is 15.0. The Kier molecular flexibility index (Phi) is 6.31. The molecule has 150 valence electrons. The minimum atomic E-state index is -0.647. The van der Waals surface area contributed by atoms with Gasteiger partial charge in [0.05, 0.1) is 5.56 Å². The molecule has 0 fully saturated rings. The zero-order chi connectivity index (χ0) is 20.8. The van der Waals surface area contributed by atoms with Gasteiger partial charge in [0.2, 0.25) is 0 Å². The smallest absolute Gasteiger partial charge is 0.168 e. The Bertz CT molecular complexity index is 1090. The number of nitrogens with zero attached hydrogens (tertiary/aromatic N) is 3. The fourth-order valence-electron chi connectivity index (χ4n) is 3.18. The molecular formula is C20H20F2N6O. The van der Waals surface area contributed by atoms with Crippen molar-refractivity contribution in [1.29, 1.82) is 5.41 Å². The van der Waals surface area contributed by atoms with Crippen LogP contribution in [0.3, 0.4) is 0 Å². The monoisotopic (exact) mass is 398 g/mol. The molecule has 0 unspecified atom stereocenters. The lowest BCUT2D eigenvalue weighted by Crippen LogP contribution is -2.13. The normalized spacial score (nSPS) is 10.7. The average Bonchev–Trinajstić information content (AvgIpc) is 3.15. The topological polar surface area (TPSA) is 124 Å². The summed E-state index contributed by atoms with van der Waals surface area (Å²) in [5, 5.41) is 11.8. The van der Waals surface area contributed by atoms with Crippen LogP contribution in [-0.4, -0.2) is 17.4 Å². The van der Waals surface area contributed by atoms with Gasteiger partial charge in [-0.2, -0.15) is 0 Å². The number of hydrogen-bond donors (Lipinski definition) is 3. The van der Waals surface area contributed by atoms with Crippen LogP contribution in [0.4, 0.5) is 8.78 Å². The third kappa shape index (κ3) is 4.64. The molecule has 4 N–H and O–H groups in total. The number of rotatable bonds is 9. The van der Waals surface area contributed by atoms with Crippen LogP contribution in [0, 0.1) is 17.0 Å². The Morgan fingerprint density at radius 3 is 2.76 bits per heavy atom. The summed E-state index contributed by atoms with van der Waals surface area (Å²) >= 11 is 0. The minimum Gasteiger partial charge on any atom is -0.454 e. The molecule has 0 radical (unpaired) electrons. The average molecular weight is 398 g/mol. The first kappa shape index (κ1) is 20.2. The number of aromatic nitrogens is 1. The van der Waals surface area contributed by atoms with Crippen LogP contribution in [0.2, 0.25) is 0 Å². The van der Waals surface area contributed by atoms with Crippen molar-refractivity contribution >= 4 is 16.7 Å². The lowest BCUT2D eigenvalue weighted by molar-refractivity contribution is 0.435. The molecule has 0 atom stereocenters. The summed E-state index contributed by atoms with van der Waals surface area (Å²) < 4.78 is 34.4. The van der Waals surface area contributed by atoms with Crippen molar-refractivity contribution in [3.8, 4) is 11.5 Å². The minimum absolute atomic E-state index is 0.0632. The number of aromatic amines is 1. The van der Waals surface area contributed by atoms with E-state index in [0.29, 0.717) is 24.0 Å². The summed E-state index contributed by atoms with van der Waals surface area (Å²) in [6, 6.07) is 6.98. The van der Waals surface area contributed by atoms with E-state index in [2.05, 4.69) is 15.0 Å². The summed E-state index contributed by atoms with van der Waals surface area (Å²) in [6.45, 7) is 0.423. The molecule has 0 spiro atoms. The summed E-state index contributed by atoms with van der Waals surface area (Å²) in [4.78, 5) is 5.72. The molecule has 0 bridgehead atoms. The first-order valence-corrected chi connectivity index (χ1v) is 9.12. The van der Waals surface area contributed by atoms with Gasteiger partial charge in [0.15, 0.2) is 11.6 Å². The highest BCUT2D eigenvalue weighted by molar-refractivity contribution is 5.95. The first-order chi connectivity index (χ1) is 14.0. The fraction of sp³-hybridized carbons (Fsp3) is 0.250. The molecule has 0 saturated heterocycles. The SMILES string of the molecule is [N-]=[N+]=NCCCCCc1c(Oc2ccc(F)c(C(=N)N)c2)c(F)cc2[nH]ccc12. The molecule has 29 heavy (non-hydrogen) atoms. The van der Waals surface area contributed by atoms with E-state index in [1.165, 1.54) is 18.2 Å². The number of halogens is 2. The summed E-state index contributed by atoms with van der Waals surface area (Å²) in [5.74, 6) is -1.37. The van der Waals surface area contributed by atoms with Crippen molar-refractivity contribution in [1.82, 2.24) is 4.98 Å². The number of nitrogens with one attached hydrogen (secondary N) is 2. The molecule has 3 rings (SSSR count). The van der Waals surface area contributed by atoms with Crippen molar-refractivity contribution < 1.29 is 13.5 Å². The van der Waals surface area contributed by atoms with Gasteiger partial charge in [-0.25, -0.2) is 8.78 Å². The molecule has 2 aromatic carbocycles. The molecule has 7 nitrogen and oxygen atoms in total. The highest BCUT2D eigenvalue weighted by atomic mass is 19.1. The Morgan fingerprint density at radius 1 is 1.17 bits per heavy atom. The van der Waals surface area contributed by atoms with E-state index in [9.17, 15) is 8.78 Å². The number of unbranched alkanes of at least 4 members (excludes halogenated alkanes) is 2. The van der Waals surface area contributed by atoms with E-state index < -0.39 is 17.5 Å². The quantitative estimate of drug-likeness (QED) is 0.109. The van der Waals surface area contributed by atoms with Crippen molar-refractivity contribution in [2.24, 2.45) is 10.8 Å². The number of nitrogen functional groups attached to an aromatic ring is 1. The van der Waals surface area contributed by atoms with Gasteiger partial charge >= 0.3 is 0 Å². The van der Waals surface area contributed by atoms with Gasteiger partial charge in [-0.3, -0.25) is 5.41 Å². The molecule has 0 aliphatic heterocycles. The lowest BCUT2D eigenvalue weighted by Gasteiger charge is -2.15. The van der Waals surface area contributed by atoms with Crippen molar-refractivity contribution in [2.75, 3.05) is 6.54 Å².